The molecule has 0 spiro atoms. The summed E-state index contributed by atoms with van der Waals surface area (Å²) in [6.07, 6.45) is -4.51. The van der Waals surface area contributed by atoms with E-state index >= 15 is 0 Å². The lowest BCUT2D eigenvalue weighted by Gasteiger charge is -2.15. The maximum Gasteiger partial charge on any atom is 0.419 e. The van der Waals surface area contributed by atoms with E-state index in [1.54, 1.807) is 6.07 Å². The van der Waals surface area contributed by atoms with Gasteiger partial charge in [-0.2, -0.15) is 13.2 Å². The van der Waals surface area contributed by atoms with Crippen LogP contribution in [0.25, 0.3) is 0 Å². The molecule has 0 aliphatic heterocycles. The van der Waals surface area contributed by atoms with Gasteiger partial charge in [-0.15, -0.1) is 0 Å². The molecule has 0 aliphatic carbocycles. The molecule has 2 aromatic carbocycles. The third-order valence-corrected chi connectivity index (χ3v) is 3.66. The Hall–Kier alpha value is -0.720. The lowest BCUT2D eigenvalue weighted by molar-refractivity contribution is -0.138. The zero-order chi connectivity index (χ0) is 14.9. The van der Waals surface area contributed by atoms with Gasteiger partial charge in [-0.25, -0.2) is 0 Å². The van der Waals surface area contributed by atoms with Gasteiger partial charge in [-0.05, 0) is 36.4 Å². The van der Waals surface area contributed by atoms with Crippen LogP contribution < -0.4 is 4.74 Å². The Morgan fingerprint density at radius 1 is 0.900 bits per heavy atom. The third-order valence-electron chi connectivity index (χ3n) is 2.36. The van der Waals surface area contributed by atoms with Crippen molar-refractivity contribution in [2.75, 3.05) is 0 Å². The maximum atomic E-state index is 12.9. The van der Waals surface area contributed by atoms with Gasteiger partial charge in [0.05, 0.1) is 10.6 Å². The monoisotopic (exact) mass is 428 g/mol. The zero-order valence-corrected chi connectivity index (χ0v) is 13.6. The number of halogens is 6. The van der Waals surface area contributed by atoms with E-state index in [0.717, 1.165) is 6.07 Å². The Morgan fingerprint density at radius 2 is 1.45 bits per heavy atom. The van der Waals surface area contributed by atoms with Crippen LogP contribution >= 0.6 is 43.5 Å². The first kappa shape index (κ1) is 15.7. The second kappa shape index (κ2) is 5.95. The Labute approximate surface area is 135 Å². The summed E-state index contributed by atoms with van der Waals surface area (Å²) in [7, 11) is 0. The van der Waals surface area contributed by atoms with Crippen molar-refractivity contribution in [3.8, 4) is 11.5 Å². The van der Waals surface area contributed by atoms with E-state index in [-0.39, 0.29) is 16.5 Å². The van der Waals surface area contributed by atoms with E-state index in [0.29, 0.717) is 8.95 Å². The highest BCUT2D eigenvalue weighted by atomic mass is 79.9. The van der Waals surface area contributed by atoms with Gasteiger partial charge in [-0.3, -0.25) is 0 Å². The van der Waals surface area contributed by atoms with Crippen LogP contribution in [0.5, 0.6) is 11.5 Å². The summed E-state index contributed by atoms with van der Waals surface area (Å²) in [6, 6.07) is 8.21. The molecule has 0 aromatic heterocycles. The highest BCUT2D eigenvalue weighted by Crippen LogP contribution is 2.41. The van der Waals surface area contributed by atoms with Crippen molar-refractivity contribution >= 4 is 43.5 Å². The molecule has 0 N–H and O–H groups in total. The standard InChI is InChI=1S/C13H6Br2ClF3O/c14-7-1-3-9(13(17,18)19)11(5-7)20-12-6-8(15)2-4-10(12)16/h1-6H. The van der Waals surface area contributed by atoms with E-state index < -0.39 is 11.7 Å². The molecule has 20 heavy (non-hydrogen) atoms. The molecule has 1 nitrogen and oxygen atoms in total. The average Bonchev–Trinajstić information content (AvgIpc) is 2.32. The molecule has 0 heterocycles. The smallest absolute Gasteiger partial charge is 0.419 e. The Bertz CT molecular complexity index is 644. The minimum atomic E-state index is -4.51. The molecule has 106 valence electrons. The molecule has 0 amide bonds. The number of benzene rings is 2. The topological polar surface area (TPSA) is 9.23 Å². The van der Waals surface area contributed by atoms with Gasteiger partial charge in [-0.1, -0.05) is 43.5 Å². The fraction of sp³-hybridized carbons (Fsp3) is 0.0769. The van der Waals surface area contributed by atoms with Crippen molar-refractivity contribution in [1.82, 2.24) is 0 Å². The van der Waals surface area contributed by atoms with Crippen LogP contribution in [0.3, 0.4) is 0 Å². The molecule has 0 saturated carbocycles. The summed E-state index contributed by atoms with van der Waals surface area (Å²) < 4.78 is 45.2. The first-order chi connectivity index (χ1) is 9.27. The highest BCUT2D eigenvalue weighted by molar-refractivity contribution is 9.10. The van der Waals surface area contributed by atoms with Crippen molar-refractivity contribution in [2.24, 2.45) is 0 Å². The molecule has 2 aromatic rings. The van der Waals surface area contributed by atoms with Crippen molar-refractivity contribution in [2.45, 2.75) is 6.18 Å². The fourth-order valence-electron chi connectivity index (χ4n) is 1.49. The average molecular weight is 430 g/mol. The Balaban J connectivity index is 2.47. The number of hydrogen-bond donors (Lipinski definition) is 0. The number of rotatable bonds is 2. The molecular formula is C13H6Br2ClF3O. The summed E-state index contributed by atoms with van der Waals surface area (Å²) in [5, 5.41) is 0.223. The lowest BCUT2D eigenvalue weighted by atomic mass is 10.2. The Kier molecular flexibility index (Phi) is 4.66. The molecule has 0 atom stereocenters. The van der Waals surface area contributed by atoms with Gasteiger partial charge in [0.1, 0.15) is 11.5 Å². The molecule has 0 fully saturated rings. The van der Waals surface area contributed by atoms with Crippen molar-refractivity contribution in [3.63, 3.8) is 0 Å². The van der Waals surface area contributed by atoms with E-state index in [4.69, 9.17) is 16.3 Å². The van der Waals surface area contributed by atoms with E-state index in [9.17, 15) is 13.2 Å². The number of alkyl halides is 3. The van der Waals surface area contributed by atoms with E-state index in [1.165, 1.54) is 24.3 Å². The highest BCUT2D eigenvalue weighted by Gasteiger charge is 2.34. The van der Waals surface area contributed by atoms with Gasteiger partial charge < -0.3 is 4.74 Å². The van der Waals surface area contributed by atoms with Crippen molar-refractivity contribution in [1.29, 1.82) is 0 Å². The second-order valence-corrected chi connectivity index (χ2v) is 6.05. The quantitative estimate of drug-likeness (QED) is 0.517. The summed E-state index contributed by atoms with van der Waals surface area (Å²) in [5.41, 5.74) is -0.864. The molecule has 0 radical (unpaired) electrons. The van der Waals surface area contributed by atoms with Gasteiger partial charge in [0, 0.05) is 8.95 Å². The maximum absolute atomic E-state index is 12.9. The zero-order valence-electron chi connectivity index (χ0n) is 9.64. The first-order valence-electron chi connectivity index (χ1n) is 5.27. The van der Waals surface area contributed by atoms with Crippen molar-refractivity contribution in [3.05, 3.63) is 55.9 Å². The third kappa shape index (κ3) is 3.68. The Morgan fingerprint density at radius 3 is 2.05 bits per heavy atom. The summed E-state index contributed by atoms with van der Waals surface area (Å²) in [6.45, 7) is 0. The molecule has 7 heteroatoms. The predicted molar refractivity (Wildman–Crippen MR) is 78.4 cm³/mol. The molecule has 0 bridgehead atoms. The predicted octanol–water partition coefficient (Wildman–Crippen LogP) is 6.68. The lowest BCUT2D eigenvalue weighted by Crippen LogP contribution is -2.07. The minimum absolute atomic E-state index is 0.143. The second-order valence-electron chi connectivity index (χ2n) is 3.82. The van der Waals surface area contributed by atoms with Gasteiger partial charge in [0.15, 0.2) is 0 Å². The summed E-state index contributed by atoms with van der Waals surface area (Å²) in [4.78, 5) is 0. The molecular weight excluding hydrogens is 424 g/mol. The number of ether oxygens (including phenoxy) is 1. The van der Waals surface area contributed by atoms with Crippen molar-refractivity contribution < 1.29 is 17.9 Å². The SMILES string of the molecule is FC(F)(F)c1ccc(Br)cc1Oc1cc(Br)ccc1Cl. The van der Waals surface area contributed by atoms with Crippen LogP contribution in [0.1, 0.15) is 5.56 Å². The molecule has 0 aliphatic rings. The van der Waals surface area contributed by atoms with Crippen LogP contribution in [-0.2, 0) is 6.18 Å². The van der Waals surface area contributed by atoms with Gasteiger partial charge in [0.25, 0.3) is 0 Å². The number of hydrogen-bond acceptors (Lipinski definition) is 1. The molecule has 2 rings (SSSR count). The first-order valence-corrected chi connectivity index (χ1v) is 7.23. The van der Waals surface area contributed by atoms with Crippen LogP contribution in [0.15, 0.2) is 45.3 Å². The van der Waals surface area contributed by atoms with Gasteiger partial charge >= 0.3 is 6.18 Å². The van der Waals surface area contributed by atoms with E-state index in [1.807, 2.05) is 0 Å². The molecule has 0 saturated heterocycles. The fourth-order valence-corrected chi connectivity index (χ4v) is 2.32. The normalized spacial score (nSPS) is 11.5. The minimum Gasteiger partial charge on any atom is -0.455 e. The summed E-state index contributed by atoms with van der Waals surface area (Å²) >= 11 is 12.2. The largest absolute Gasteiger partial charge is 0.455 e. The summed E-state index contributed by atoms with van der Waals surface area (Å²) in [5.74, 6) is -0.170. The van der Waals surface area contributed by atoms with Gasteiger partial charge in [0.2, 0.25) is 0 Å². The van der Waals surface area contributed by atoms with Crippen LogP contribution in [0.2, 0.25) is 5.02 Å². The van der Waals surface area contributed by atoms with Crippen LogP contribution in [0.4, 0.5) is 13.2 Å². The van der Waals surface area contributed by atoms with Crippen LogP contribution in [0, 0.1) is 0 Å². The molecule has 0 unspecified atom stereocenters. The van der Waals surface area contributed by atoms with Crippen LogP contribution in [-0.4, -0.2) is 0 Å². The van der Waals surface area contributed by atoms with E-state index in [2.05, 4.69) is 31.9 Å².